The average Bonchev–Trinajstić information content (AvgIpc) is 3.24. The Kier molecular flexibility index (Phi) is 8.59. The van der Waals surface area contributed by atoms with Gasteiger partial charge in [-0.05, 0) is 63.0 Å². The van der Waals surface area contributed by atoms with Gasteiger partial charge in [-0.1, -0.05) is 11.6 Å². The molecule has 4 atom stereocenters. The SMILES string of the molecule is COc1ccc(CN(c2nccs2)S(=O)(=O)c2cc(Cl)c(N[C@H]3CC4C(C[C@@H]3N(C)C)C4(Cl)Cl)cc2F)c(OC)c1. The average molecular weight is 664 g/mol. The van der Waals surface area contributed by atoms with Crippen molar-refractivity contribution in [3.8, 4) is 11.5 Å². The highest BCUT2D eigenvalue weighted by atomic mass is 35.5. The molecule has 2 unspecified atom stereocenters. The number of halogens is 4. The third-order valence-corrected chi connectivity index (χ3v) is 12.0. The van der Waals surface area contributed by atoms with Crippen molar-refractivity contribution in [1.29, 1.82) is 0 Å². The summed E-state index contributed by atoms with van der Waals surface area (Å²) in [7, 11) is 2.49. The molecule has 14 heteroatoms. The number of hydrogen-bond acceptors (Lipinski definition) is 8. The summed E-state index contributed by atoms with van der Waals surface area (Å²) in [5, 5.41) is 5.23. The topological polar surface area (TPSA) is 84.0 Å². The van der Waals surface area contributed by atoms with E-state index < -0.39 is 25.1 Å². The summed E-state index contributed by atoms with van der Waals surface area (Å²) in [6, 6.07) is 7.27. The van der Waals surface area contributed by atoms with Gasteiger partial charge in [-0.25, -0.2) is 22.1 Å². The van der Waals surface area contributed by atoms with Gasteiger partial charge >= 0.3 is 0 Å². The van der Waals surface area contributed by atoms with Crippen LogP contribution in [0.15, 0.2) is 46.8 Å². The number of benzene rings is 2. The zero-order valence-corrected chi connectivity index (χ0v) is 26.7. The Bertz CT molecular complexity index is 1520. The summed E-state index contributed by atoms with van der Waals surface area (Å²) >= 11 is 20.7. The summed E-state index contributed by atoms with van der Waals surface area (Å²) < 4.78 is 54.6. The molecule has 0 saturated heterocycles. The van der Waals surface area contributed by atoms with E-state index in [4.69, 9.17) is 44.3 Å². The van der Waals surface area contributed by atoms with E-state index in [2.05, 4.69) is 15.2 Å². The summed E-state index contributed by atoms with van der Waals surface area (Å²) in [5.74, 6) is 0.356. The van der Waals surface area contributed by atoms with Crippen molar-refractivity contribution in [1.82, 2.24) is 9.88 Å². The number of nitrogens with zero attached hydrogens (tertiary/aromatic N) is 3. The van der Waals surface area contributed by atoms with Gasteiger partial charge < -0.3 is 19.7 Å². The van der Waals surface area contributed by atoms with Gasteiger partial charge in [0, 0.05) is 35.3 Å². The van der Waals surface area contributed by atoms with E-state index in [1.807, 2.05) is 14.1 Å². The standard InChI is InChI=1S/C27H30Cl3FN4O4S2/c1-34(2)23-11-18-17(27(18,29)30)10-22(23)33-21-13-20(31)25(12-19(21)28)41(36,37)35(26-32-7-8-40-26)14-15-5-6-16(38-3)9-24(15)39-4/h5-9,12-13,17-18,22-23,33H,10-11,14H2,1-4H3/t17?,18?,22-,23-/m0/s1. The van der Waals surface area contributed by atoms with Crippen molar-refractivity contribution >= 4 is 67.0 Å². The first kappa shape index (κ1) is 30.4. The largest absolute Gasteiger partial charge is 0.497 e. The van der Waals surface area contributed by atoms with Crippen LogP contribution in [0.5, 0.6) is 11.5 Å². The predicted molar refractivity (Wildman–Crippen MR) is 162 cm³/mol. The Hall–Kier alpha value is -2.02. The monoisotopic (exact) mass is 662 g/mol. The molecule has 2 aliphatic carbocycles. The molecule has 2 fully saturated rings. The molecular formula is C27H30Cl3FN4O4S2. The fraction of sp³-hybridized carbons (Fsp3) is 0.444. The molecular weight excluding hydrogens is 634 g/mol. The summed E-state index contributed by atoms with van der Waals surface area (Å²) in [4.78, 5) is 5.71. The fourth-order valence-electron chi connectivity index (χ4n) is 5.57. The van der Waals surface area contributed by atoms with E-state index in [1.54, 1.807) is 23.6 Å². The van der Waals surface area contributed by atoms with Gasteiger partial charge in [0.2, 0.25) is 0 Å². The molecule has 0 aliphatic heterocycles. The zero-order chi connectivity index (χ0) is 29.7. The lowest BCUT2D eigenvalue weighted by Crippen LogP contribution is -2.46. The van der Waals surface area contributed by atoms with E-state index >= 15 is 4.39 Å². The molecule has 8 nitrogen and oxygen atoms in total. The number of fused-ring (bicyclic) bond motifs is 1. The molecule has 0 bridgehead atoms. The minimum atomic E-state index is -4.44. The minimum Gasteiger partial charge on any atom is -0.497 e. The predicted octanol–water partition coefficient (Wildman–Crippen LogP) is 6.27. The molecule has 1 N–H and O–H groups in total. The number of likely N-dealkylation sites (N-methyl/N-ethyl adjacent to an activating group) is 1. The maximum atomic E-state index is 15.7. The van der Waals surface area contributed by atoms with Crippen LogP contribution < -0.4 is 19.1 Å². The lowest BCUT2D eigenvalue weighted by Gasteiger charge is -2.36. The maximum absolute atomic E-state index is 15.7. The Morgan fingerprint density at radius 3 is 2.51 bits per heavy atom. The van der Waals surface area contributed by atoms with Gasteiger partial charge in [-0.2, -0.15) is 0 Å². The Morgan fingerprint density at radius 1 is 1.15 bits per heavy atom. The Labute approximate surface area is 258 Å². The third-order valence-electron chi connectivity index (χ3n) is 7.87. The molecule has 5 rings (SSSR count). The van der Waals surface area contributed by atoms with Crippen molar-refractivity contribution in [2.24, 2.45) is 11.8 Å². The van der Waals surface area contributed by atoms with Gasteiger partial charge in [-0.3, -0.25) is 0 Å². The molecule has 41 heavy (non-hydrogen) atoms. The van der Waals surface area contributed by atoms with E-state index in [9.17, 15) is 8.42 Å². The van der Waals surface area contributed by atoms with Crippen LogP contribution in [0.4, 0.5) is 15.2 Å². The van der Waals surface area contributed by atoms with E-state index in [0.29, 0.717) is 29.2 Å². The number of anilines is 2. The van der Waals surface area contributed by atoms with Gasteiger partial charge in [-0.15, -0.1) is 34.5 Å². The lowest BCUT2D eigenvalue weighted by molar-refractivity contribution is 0.204. The number of methoxy groups -OCH3 is 2. The second-order valence-corrected chi connectivity index (χ2v) is 15.0. The lowest BCUT2D eigenvalue weighted by atomic mass is 9.89. The van der Waals surface area contributed by atoms with Gasteiger partial charge in [0.25, 0.3) is 10.0 Å². The number of sulfonamides is 1. The van der Waals surface area contributed by atoms with Gasteiger partial charge in [0.15, 0.2) is 5.13 Å². The summed E-state index contributed by atoms with van der Waals surface area (Å²) in [5.41, 5.74) is 0.836. The van der Waals surface area contributed by atoms with Crippen molar-refractivity contribution < 1.29 is 22.3 Å². The zero-order valence-electron chi connectivity index (χ0n) is 22.8. The van der Waals surface area contributed by atoms with Crippen LogP contribution >= 0.6 is 46.1 Å². The number of thiazole rings is 1. The van der Waals surface area contributed by atoms with Crippen LogP contribution in [-0.2, 0) is 16.6 Å². The molecule has 2 aliphatic rings. The molecule has 0 amide bonds. The summed E-state index contributed by atoms with van der Waals surface area (Å²) in [6.45, 7) is -0.159. The fourth-order valence-corrected chi connectivity index (χ4v) is 9.04. The highest BCUT2D eigenvalue weighted by molar-refractivity contribution is 7.93. The van der Waals surface area contributed by atoms with Crippen LogP contribution in [0.25, 0.3) is 0 Å². The van der Waals surface area contributed by atoms with Crippen LogP contribution in [0.1, 0.15) is 18.4 Å². The van der Waals surface area contributed by atoms with Crippen molar-refractivity contribution in [3.05, 3.63) is 58.3 Å². The van der Waals surface area contributed by atoms with E-state index in [0.717, 1.165) is 34.2 Å². The second kappa shape index (κ2) is 11.6. The number of aromatic nitrogens is 1. The van der Waals surface area contributed by atoms with Crippen molar-refractivity contribution in [2.75, 3.05) is 37.9 Å². The smallest absolute Gasteiger partial charge is 0.269 e. The second-order valence-electron chi connectivity index (χ2n) is 10.4. The van der Waals surface area contributed by atoms with Crippen LogP contribution in [-0.4, -0.2) is 63.0 Å². The molecule has 3 aromatic rings. The molecule has 1 heterocycles. The van der Waals surface area contributed by atoms with E-state index in [1.165, 1.54) is 20.4 Å². The quantitative estimate of drug-likeness (QED) is 0.256. The molecule has 0 spiro atoms. The molecule has 0 radical (unpaired) electrons. The van der Waals surface area contributed by atoms with Gasteiger partial charge in [0.05, 0.1) is 31.5 Å². The number of rotatable bonds is 10. The van der Waals surface area contributed by atoms with Crippen LogP contribution in [0.3, 0.4) is 0 Å². The highest BCUT2D eigenvalue weighted by Crippen LogP contribution is 2.65. The first-order chi connectivity index (χ1) is 19.4. The van der Waals surface area contributed by atoms with Crippen molar-refractivity contribution in [2.45, 2.75) is 40.7 Å². The highest BCUT2D eigenvalue weighted by Gasteiger charge is 2.66. The molecule has 2 saturated carbocycles. The summed E-state index contributed by atoms with van der Waals surface area (Å²) in [6.07, 6.45) is 2.95. The minimum absolute atomic E-state index is 0.0736. The van der Waals surface area contributed by atoms with E-state index in [-0.39, 0.29) is 40.6 Å². The number of alkyl halides is 2. The Balaban J connectivity index is 1.46. The van der Waals surface area contributed by atoms with Crippen LogP contribution in [0.2, 0.25) is 5.02 Å². The number of ether oxygens (including phenoxy) is 2. The van der Waals surface area contributed by atoms with Gasteiger partial charge in [0.1, 0.15) is 26.5 Å². The molecule has 2 aromatic carbocycles. The molecule has 1 aromatic heterocycles. The number of hydrogen-bond donors (Lipinski definition) is 1. The van der Waals surface area contributed by atoms with Crippen LogP contribution in [0, 0.1) is 17.7 Å². The number of nitrogens with one attached hydrogen (secondary N) is 1. The first-order valence-electron chi connectivity index (χ1n) is 12.8. The normalized spacial score (nSPS) is 23.1. The molecule has 222 valence electrons. The maximum Gasteiger partial charge on any atom is 0.269 e. The van der Waals surface area contributed by atoms with Crippen molar-refractivity contribution in [3.63, 3.8) is 0 Å². The third kappa shape index (κ3) is 5.81. The Morgan fingerprint density at radius 2 is 1.88 bits per heavy atom. The first-order valence-corrected chi connectivity index (χ1v) is 16.3.